The summed E-state index contributed by atoms with van der Waals surface area (Å²) in [6.07, 6.45) is 0. The number of carbonyl (C=O) groups is 2. The molecule has 0 fully saturated rings. The van der Waals surface area contributed by atoms with Crippen LogP contribution in [0.2, 0.25) is 0 Å². The number of nitrogens with zero attached hydrogens (tertiary/aromatic N) is 2. The number of fused-ring (bicyclic) bond motifs is 1. The average molecular weight is 331 g/mol. The van der Waals surface area contributed by atoms with E-state index in [9.17, 15) is 9.59 Å². The average Bonchev–Trinajstić information content (AvgIpc) is 2.60. The number of rotatable bonds is 2. The predicted octanol–water partition coefficient (Wildman–Crippen LogP) is 2.81. The van der Waals surface area contributed by atoms with Crippen molar-refractivity contribution in [2.24, 2.45) is 4.99 Å². The van der Waals surface area contributed by atoms with Gasteiger partial charge in [-0.25, -0.2) is 4.99 Å². The molecular formula is C19H13N3O3. The van der Waals surface area contributed by atoms with Crippen LogP contribution in [-0.4, -0.2) is 11.8 Å². The van der Waals surface area contributed by atoms with Crippen molar-refractivity contribution in [1.29, 1.82) is 5.26 Å². The van der Waals surface area contributed by atoms with E-state index in [1.807, 2.05) is 12.1 Å². The first-order valence-corrected chi connectivity index (χ1v) is 7.46. The molecule has 2 amide bonds. The van der Waals surface area contributed by atoms with Gasteiger partial charge in [0, 0.05) is 12.3 Å². The van der Waals surface area contributed by atoms with Crippen LogP contribution in [0.15, 0.2) is 64.0 Å². The fourth-order valence-electron chi connectivity index (χ4n) is 2.30. The lowest BCUT2D eigenvalue weighted by molar-refractivity contribution is -0.118. The van der Waals surface area contributed by atoms with Crippen LogP contribution in [0, 0.1) is 11.3 Å². The minimum atomic E-state index is -0.600. The highest BCUT2D eigenvalue weighted by atomic mass is 16.3. The second-order valence-corrected chi connectivity index (χ2v) is 5.29. The molecule has 0 aliphatic carbocycles. The molecule has 25 heavy (non-hydrogen) atoms. The Bertz CT molecular complexity index is 1090. The number of carbonyl (C=O) groups excluding carboxylic acids is 2. The number of nitrogens with one attached hydrogen (secondary N) is 1. The molecule has 0 atom stereocenters. The van der Waals surface area contributed by atoms with Gasteiger partial charge in [-0.15, -0.1) is 0 Å². The number of imide groups is 1. The third kappa shape index (κ3) is 3.62. The smallest absolute Gasteiger partial charge is 0.263 e. The fourth-order valence-corrected chi connectivity index (χ4v) is 2.30. The fraction of sp³-hybridized carbons (Fsp3) is 0.0526. The summed E-state index contributed by atoms with van der Waals surface area (Å²) < 4.78 is 5.75. The van der Waals surface area contributed by atoms with Gasteiger partial charge >= 0.3 is 0 Å². The Balaban J connectivity index is 2.23. The molecule has 0 spiro atoms. The van der Waals surface area contributed by atoms with Gasteiger partial charge in [-0.3, -0.25) is 14.9 Å². The summed E-state index contributed by atoms with van der Waals surface area (Å²) in [6, 6.07) is 17.4. The summed E-state index contributed by atoms with van der Waals surface area (Å²) in [4.78, 5) is 27.9. The van der Waals surface area contributed by atoms with Crippen LogP contribution in [0.25, 0.3) is 11.0 Å². The van der Waals surface area contributed by atoms with Crippen molar-refractivity contribution in [2.75, 3.05) is 0 Å². The monoisotopic (exact) mass is 331 g/mol. The van der Waals surface area contributed by atoms with Crippen molar-refractivity contribution < 1.29 is 14.0 Å². The predicted molar refractivity (Wildman–Crippen MR) is 90.7 cm³/mol. The summed E-state index contributed by atoms with van der Waals surface area (Å²) in [7, 11) is 0. The third-order valence-electron chi connectivity index (χ3n) is 3.40. The van der Waals surface area contributed by atoms with Gasteiger partial charge in [0.05, 0.1) is 17.3 Å². The van der Waals surface area contributed by atoms with Gasteiger partial charge in [0.15, 0.2) is 0 Å². The zero-order chi connectivity index (χ0) is 17.8. The Morgan fingerprint density at radius 2 is 1.92 bits per heavy atom. The molecule has 1 aromatic heterocycles. The van der Waals surface area contributed by atoms with Crippen molar-refractivity contribution in [2.45, 2.75) is 6.92 Å². The van der Waals surface area contributed by atoms with Gasteiger partial charge in [0.1, 0.15) is 11.1 Å². The molecule has 3 aromatic rings. The molecule has 0 saturated heterocycles. The molecule has 2 aromatic carbocycles. The molecular weight excluding hydrogens is 318 g/mol. The van der Waals surface area contributed by atoms with Crippen LogP contribution in [-0.2, 0) is 4.79 Å². The highest BCUT2D eigenvalue weighted by Gasteiger charge is 2.13. The van der Waals surface area contributed by atoms with E-state index in [1.165, 1.54) is 6.92 Å². The second kappa shape index (κ2) is 6.81. The molecule has 1 N–H and O–H groups in total. The van der Waals surface area contributed by atoms with E-state index in [0.717, 1.165) is 0 Å². The number of hydrogen-bond donors (Lipinski definition) is 1. The number of benzene rings is 2. The maximum absolute atomic E-state index is 12.3. The van der Waals surface area contributed by atoms with Crippen LogP contribution < -0.4 is 10.9 Å². The van der Waals surface area contributed by atoms with E-state index in [4.69, 9.17) is 9.68 Å². The summed E-state index contributed by atoms with van der Waals surface area (Å²) in [5.74, 6) is -1.08. The number of nitriles is 1. The van der Waals surface area contributed by atoms with Crippen molar-refractivity contribution in [3.05, 3.63) is 71.3 Å². The van der Waals surface area contributed by atoms with Crippen molar-refractivity contribution in [3.8, 4) is 6.07 Å². The normalized spacial score (nSPS) is 11.1. The topological polar surface area (TPSA) is 95.5 Å². The minimum absolute atomic E-state index is 0.0625. The lowest BCUT2D eigenvalue weighted by atomic mass is 10.1. The highest BCUT2D eigenvalue weighted by Crippen LogP contribution is 2.16. The first-order chi connectivity index (χ1) is 12.1. The molecule has 0 aliphatic rings. The number of hydrogen-bond acceptors (Lipinski definition) is 5. The third-order valence-corrected chi connectivity index (χ3v) is 3.40. The van der Waals surface area contributed by atoms with Crippen LogP contribution >= 0.6 is 0 Å². The lowest BCUT2D eigenvalue weighted by Gasteiger charge is -2.04. The standard InChI is InChI=1S/C19H13N3O3/c1-12(23)21-18(24)16-10-14-6-2-3-8-17(14)25-19(16)22-15-7-4-5-13(9-15)11-20/h2-10H,1H3,(H,21,23,24). The van der Waals surface area contributed by atoms with Crippen LogP contribution in [0.5, 0.6) is 0 Å². The molecule has 6 nitrogen and oxygen atoms in total. The van der Waals surface area contributed by atoms with E-state index in [-0.39, 0.29) is 11.1 Å². The van der Waals surface area contributed by atoms with Gasteiger partial charge in [0.2, 0.25) is 11.5 Å². The largest absolute Gasteiger partial charge is 0.438 e. The minimum Gasteiger partial charge on any atom is -0.438 e. The molecule has 3 rings (SSSR count). The molecule has 0 aliphatic heterocycles. The van der Waals surface area contributed by atoms with Gasteiger partial charge in [-0.2, -0.15) is 5.26 Å². The van der Waals surface area contributed by atoms with Crippen LogP contribution in [0.3, 0.4) is 0 Å². The zero-order valence-corrected chi connectivity index (χ0v) is 13.3. The van der Waals surface area contributed by atoms with Crippen LogP contribution in [0.4, 0.5) is 5.69 Å². The Morgan fingerprint density at radius 3 is 2.68 bits per heavy atom. The van der Waals surface area contributed by atoms with E-state index in [0.29, 0.717) is 22.2 Å². The first-order valence-electron chi connectivity index (χ1n) is 7.46. The molecule has 122 valence electrons. The number of para-hydroxylation sites is 1. The second-order valence-electron chi connectivity index (χ2n) is 5.29. The SMILES string of the molecule is CC(=O)NC(=O)c1cc2ccccc2oc1=Nc1cccc(C#N)c1. The Hall–Kier alpha value is -3.72. The summed E-state index contributed by atoms with van der Waals surface area (Å²) in [5.41, 5.74) is 1.66. The first kappa shape index (κ1) is 16.1. The molecule has 6 heteroatoms. The van der Waals surface area contributed by atoms with Crippen molar-refractivity contribution >= 4 is 28.5 Å². The van der Waals surface area contributed by atoms with Crippen LogP contribution in [0.1, 0.15) is 22.8 Å². The van der Waals surface area contributed by atoms with Crippen molar-refractivity contribution in [3.63, 3.8) is 0 Å². The van der Waals surface area contributed by atoms with E-state index in [1.54, 1.807) is 48.5 Å². The highest BCUT2D eigenvalue weighted by molar-refractivity contribution is 6.05. The van der Waals surface area contributed by atoms with Crippen molar-refractivity contribution in [1.82, 2.24) is 5.32 Å². The molecule has 0 radical (unpaired) electrons. The van der Waals surface area contributed by atoms with Gasteiger partial charge in [-0.1, -0.05) is 24.3 Å². The van der Waals surface area contributed by atoms with E-state index in [2.05, 4.69) is 10.3 Å². The quantitative estimate of drug-likeness (QED) is 0.781. The Labute approximate surface area is 143 Å². The van der Waals surface area contributed by atoms with Gasteiger partial charge in [0.25, 0.3) is 5.91 Å². The maximum atomic E-state index is 12.3. The van der Waals surface area contributed by atoms with E-state index < -0.39 is 11.8 Å². The molecule has 0 bridgehead atoms. The summed E-state index contributed by atoms with van der Waals surface area (Å²) >= 11 is 0. The number of amides is 2. The van der Waals surface area contributed by atoms with Gasteiger partial charge in [-0.05, 0) is 30.3 Å². The molecule has 0 saturated carbocycles. The molecule has 0 unspecified atom stereocenters. The lowest BCUT2D eigenvalue weighted by Crippen LogP contribution is -2.32. The molecule has 1 heterocycles. The van der Waals surface area contributed by atoms with E-state index >= 15 is 0 Å². The maximum Gasteiger partial charge on any atom is 0.263 e. The Kier molecular flexibility index (Phi) is 4.40. The zero-order valence-electron chi connectivity index (χ0n) is 13.3. The Morgan fingerprint density at radius 1 is 1.12 bits per heavy atom. The van der Waals surface area contributed by atoms with Gasteiger partial charge < -0.3 is 4.42 Å². The summed E-state index contributed by atoms with van der Waals surface area (Å²) in [6.45, 7) is 1.25. The summed E-state index contributed by atoms with van der Waals surface area (Å²) in [5, 5.41) is 11.9.